The molecular formula is C46H41N3S. The molecule has 1 aliphatic carbocycles. The fourth-order valence-corrected chi connectivity index (χ4v) is 8.84. The molecule has 0 saturated heterocycles. The van der Waals surface area contributed by atoms with Crippen LogP contribution >= 0.6 is 11.3 Å². The lowest BCUT2D eigenvalue weighted by molar-refractivity contribution is 0.415. The van der Waals surface area contributed by atoms with Gasteiger partial charge >= 0.3 is 0 Å². The van der Waals surface area contributed by atoms with Crippen molar-refractivity contribution < 1.29 is 0 Å². The van der Waals surface area contributed by atoms with E-state index in [9.17, 15) is 0 Å². The summed E-state index contributed by atoms with van der Waals surface area (Å²) < 4.78 is 0. The van der Waals surface area contributed by atoms with E-state index in [-0.39, 0.29) is 5.41 Å². The van der Waals surface area contributed by atoms with E-state index in [1.54, 1.807) is 0 Å². The first-order chi connectivity index (χ1) is 24.7. The smallest absolute Gasteiger partial charge is 0.174 e. The summed E-state index contributed by atoms with van der Waals surface area (Å²) in [5, 5.41) is 0. The van der Waals surface area contributed by atoms with E-state index in [0.717, 1.165) is 56.9 Å². The predicted molar refractivity (Wildman–Crippen MR) is 210 cm³/mol. The third kappa shape index (κ3) is 5.99. The predicted octanol–water partition coefficient (Wildman–Crippen LogP) is 12.9. The van der Waals surface area contributed by atoms with Crippen molar-refractivity contribution in [3.05, 3.63) is 151 Å². The summed E-state index contributed by atoms with van der Waals surface area (Å²) in [6.07, 6.45) is 7.11. The number of benzene rings is 5. The van der Waals surface area contributed by atoms with Crippen LogP contribution in [0.5, 0.6) is 0 Å². The van der Waals surface area contributed by atoms with Gasteiger partial charge in [0.2, 0.25) is 0 Å². The van der Waals surface area contributed by atoms with E-state index < -0.39 is 0 Å². The van der Waals surface area contributed by atoms with Gasteiger partial charge in [-0.2, -0.15) is 0 Å². The fourth-order valence-electron chi connectivity index (χ4n) is 7.60. The first-order valence-electron chi connectivity index (χ1n) is 18.0. The molecule has 4 heteroatoms. The van der Waals surface area contributed by atoms with Crippen LogP contribution in [0.15, 0.2) is 140 Å². The molecular weight excluding hydrogens is 627 g/mol. The Kier molecular flexibility index (Phi) is 8.95. The summed E-state index contributed by atoms with van der Waals surface area (Å²) in [7, 11) is 0. The van der Waals surface area contributed by atoms with E-state index >= 15 is 0 Å². The van der Waals surface area contributed by atoms with Crippen LogP contribution in [-0.4, -0.2) is 15.0 Å². The van der Waals surface area contributed by atoms with Gasteiger partial charge in [0, 0.05) is 21.4 Å². The van der Waals surface area contributed by atoms with Crippen molar-refractivity contribution in [3.63, 3.8) is 0 Å². The second-order valence-corrected chi connectivity index (χ2v) is 14.4. The SMILES string of the molecule is CCCCC1(CCCC)c2ccccc2-c2sc(-c3nc(-c4ccccc4)nc(-c4cc(-c5ccccc5)cc(-c5ccccc5)c4)n3)cc21. The standard InChI is InChI=1S/C46H41N3S/c1-3-5-26-46(27-6-4-2)39-25-17-16-24-38(39)42-40(46)31-41(50-42)45-48-43(34-22-14-9-15-23-34)47-44(49-45)37-29-35(32-18-10-7-11-19-32)28-36(30-37)33-20-12-8-13-21-33/h7-25,28-31H,3-6,26-27H2,1-2H3. The minimum atomic E-state index is 0.0272. The normalized spacial score (nSPS) is 12.8. The molecule has 0 unspecified atom stereocenters. The Morgan fingerprint density at radius 2 is 0.940 bits per heavy atom. The molecule has 1 aliphatic rings. The van der Waals surface area contributed by atoms with E-state index in [0.29, 0.717) is 11.6 Å². The molecule has 0 fully saturated rings. The minimum absolute atomic E-state index is 0.0272. The maximum Gasteiger partial charge on any atom is 0.174 e. The number of rotatable bonds is 11. The molecule has 0 bridgehead atoms. The van der Waals surface area contributed by atoms with Gasteiger partial charge in [0.1, 0.15) is 0 Å². The van der Waals surface area contributed by atoms with Crippen molar-refractivity contribution in [2.24, 2.45) is 0 Å². The molecule has 0 radical (unpaired) electrons. The van der Waals surface area contributed by atoms with Gasteiger partial charge in [-0.3, -0.25) is 0 Å². The summed E-state index contributed by atoms with van der Waals surface area (Å²) in [6, 6.07) is 49.7. The number of thiophene rings is 1. The van der Waals surface area contributed by atoms with Crippen molar-refractivity contribution >= 4 is 11.3 Å². The van der Waals surface area contributed by atoms with Crippen LogP contribution in [0.1, 0.15) is 63.5 Å². The second-order valence-electron chi connectivity index (χ2n) is 13.4. The quantitative estimate of drug-likeness (QED) is 0.138. The van der Waals surface area contributed by atoms with E-state index in [1.807, 2.05) is 17.4 Å². The molecule has 2 heterocycles. The van der Waals surface area contributed by atoms with Crippen molar-refractivity contribution in [3.8, 4) is 66.2 Å². The van der Waals surface area contributed by atoms with Crippen molar-refractivity contribution in [2.75, 3.05) is 0 Å². The molecule has 0 atom stereocenters. The zero-order chi connectivity index (χ0) is 33.9. The van der Waals surface area contributed by atoms with Crippen LogP contribution in [0.25, 0.3) is 66.2 Å². The largest absolute Gasteiger partial charge is 0.208 e. The van der Waals surface area contributed by atoms with E-state index in [4.69, 9.17) is 15.0 Å². The Labute approximate surface area is 299 Å². The third-order valence-electron chi connectivity index (χ3n) is 10.1. The molecule has 8 rings (SSSR count). The topological polar surface area (TPSA) is 38.7 Å². The molecule has 0 amide bonds. The molecule has 50 heavy (non-hydrogen) atoms. The van der Waals surface area contributed by atoms with Gasteiger partial charge in [0.25, 0.3) is 0 Å². The minimum Gasteiger partial charge on any atom is -0.208 e. The molecule has 3 nitrogen and oxygen atoms in total. The van der Waals surface area contributed by atoms with Crippen LogP contribution in [0.4, 0.5) is 0 Å². The highest BCUT2D eigenvalue weighted by Gasteiger charge is 2.43. The molecule has 5 aromatic carbocycles. The molecule has 0 spiro atoms. The first-order valence-corrected chi connectivity index (χ1v) is 18.8. The van der Waals surface area contributed by atoms with Gasteiger partial charge in [0.05, 0.1) is 4.88 Å². The number of aromatic nitrogens is 3. The van der Waals surface area contributed by atoms with Crippen molar-refractivity contribution in [2.45, 2.75) is 57.8 Å². The summed E-state index contributed by atoms with van der Waals surface area (Å²) in [6.45, 7) is 4.61. The summed E-state index contributed by atoms with van der Waals surface area (Å²) in [5.74, 6) is 2.10. The maximum atomic E-state index is 5.30. The van der Waals surface area contributed by atoms with Gasteiger partial charge in [-0.05, 0) is 76.1 Å². The lowest BCUT2D eigenvalue weighted by Gasteiger charge is -2.32. The Bertz CT molecular complexity index is 2170. The lowest BCUT2D eigenvalue weighted by Crippen LogP contribution is -2.25. The van der Waals surface area contributed by atoms with Crippen LogP contribution in [0.3, 0.4) is 0 Å². The van der Waals surface area contributed by atoms with Gasteiger partial charge in [0.15, 0.2) is 17.5 Å². The van der Waals surface area contributed by atoms with Crippen LogP contribution < -0.4 is 0 Å². The Morgan fingerprint density at radius 1 is 0.460 bits per heavy atom. The van der Waals surface area contributed by atoms with Gasteiger partial charge in [-0.25, -0.2) is 15.0 Å². The third-order valence-corrected chi connectivity index (χ3v) is 11.3. The van der Waals surface area contributed by atoms with Gasteiger partial charge in [-0.1, -0.05) is 155 Å². The highest BCUT2D eigenvalue weighted by atomic mass is 32.1. The molecule has 246 valence electrons. The number of hydrogen-bond acceptors (Lipinski definition) is 4. The number of fused-ring (bicyclic) bond motifs is 3. The van der Waals surface area contributed by atoms with Crippen LogP contribution in [0.2, 0.25) is 0 Å². The summed E-state index contributed by atoms with van der Waals surface area (Å²) in [4.78, 5) is 18.1. The van der Waals surface area contributed by atoms with Crippen molar-refractivity contribution in [1.29, 1.82) is 0 Å². The number of hydrogen-bond donors (Lipinski definition) is 0. The van der Waals surface area contributed by atoms with Gasteiger partial charge in [-0.15, -0.1) is 11.3 Å². The Morgan fingerprint density at radius 3 is 1.52 bits per heavy atom. The Balaban J connectivity index is 1.32. The molecule has 2 aromatic heterocycles. The van der Waals surface area contributed by atoms with Crippen LogP contribution in [0, 0.1) is 0 Å². The Hall–Kier alpha value is -5.19. The first kappa shape index (κ1) is 32.0. The van der Waals surface area contributed by atoms with Crippen LogP contribution in [-0.2, 0) is 5.41 Å². The highest BCUT2D eigenvalue weighted by Crippen LogP contribution is 2.58. The van der Waals surface area contributed by atoms with Crippen molar-refractivity contribution in [1.82, 2.24) is 15.0 Å². The average Bonchev–Trinajstić information content (AvgIpc) is 3.74. The van der Waals surface area contributed by atoms with E-state index in [1.165, 1.54) is 47.3 Å². The number of unbranched alkanes of at least 4 members (excludes halogenated alkanes) is 2. The molecule has 0 N–H and O–H groups in total. The lowest BCUT2D eigenvalue weighted by atomic mass is 9.71. The zero-order valence-corrected chi connectivity index (χ0v) is 29.6. The second kappa shape index (κ2) is 14.0. The van der Waals surface area contributed by atoms with E-state index in [2.05, 4.69) is 147 Å². The highest BCUT2D eigenvalue weighted by molar-refractivity contribution is 7.19. The number of nitrogens with zero attached hydrogens (tertiary/aromatic N) is 3. The average molecular weight is 668 g/mol. The fraction of sp³-hybridized carbons (Fsp3) is 0.196. The molecule has 0 saturated carbocycles. The molecule has 7 aromatic rings. The maximum absolute atomic E-state index is 5.30. The van der Waals surface area contributed by atoms with Gasteiger partial charge < -0.3 is 0 Å². The molecule has 0 aliphatic heterocycles. The summed E-state index contributed by atoms with van der Waals surface area (Å²) in [5.41, 5.74) is 10.9. The zero-order valence-electron chi connectivity index (χ0n) is 28.8. The summed E-state index contributed by atoms with van der Waals surface area (Å²) >= 11 is 1.84. The monoisotopic (exact) mass is 667 g/mol.